The van der Waals surface area contributed by atoms with Crippen molar-refractivity contribution in [1.29, 1.82) is 0 Å². The molecule has 0 saturated carbocycles. The van der Waals surface area contributed by atoms with E-state index in [2.05, 4.69) is 21.2 Å². The standard InChI is InChI=1S/C21H16BrFN2OS/c22-16-5-1-15(2-6-16)13-25-18-9-10-27-20(18)11-19(25)21(26)24-12-14-3-7-17(23)8-4-14/h1-11H,12-13H2,(H,24,26). The molecule has 2 heterocycles. The van der Waals surface area contributed by atoms with E-state index < -0.39 is 0 Å². The van der Waals surface area contributed by atoms with Crippen molar-refractivity contribution in [1.82, 2.24) is 9.88 Å². The fourth-order valence-corrected chi connectivity index (χ4v) is 4.07. The van der Waals surface area contributed by atoms with Crippen LogP contribution < -0.4 is 5.32 Å². The van der Waals surface area contributed by atoms with E-state index in [9.17, 15) is 9.18 Å². The summed E-state index contributed by atoms with van der Waals surface area (Å²) in [5.41, 5.74) is 3.66. The molecule has 0 atom stereocenters. The third-order valence-electron chi connectivity index (χ3n) is 4.38. The maximum Gasteiger partial charge on any atom is 0.268 e. The molecule has 6 heteroatoms. The molecule has 0 aliphatic carbocycles. The SMILES string of the molecule is O=C(NCc1ccc(F)cc1)c1cc2sccc2n1Cc1ccc(Br)cc1. The molecule has 0 saturated heterocycles. The number of hydrogen-bond acceptors (Lipinski definition) is 2. The topological polar surface area (TPSA) is 34.0 Å². The quantitative estimate of drug-likeness (QED) is 0.429. The predicted molar refractivity (Wildman–Crippen MR) is 111 cm³/mol. The van der Waals surface area contributed by atoms with Gasteiger partial charge in [0.1, 0.15) is 11.5 Å². The summed E-state index contributed by atoms with van der Waals surface area (Å²) in [6.07, 6.45) is 0. The minimum atomic E-state index is -0.284. The van der Waals surface area contributed by atoms with Gasteiger partial charge in [0.25, 0.3) is 5.91 Å². The number of nitrogens with one attached hydrogen (secondary N) is 1. The van der Waals surface area contributed by atoms with Crippen molar-refractivity contribution in [3.63, 3.8) is 0 Å². The number of halogens is 2. The van der Waals surface area contributed by atoms with Crippen molar-refractivity contribution >= 4 is 43.4 Å². The van der Waals surface area contributed by atoms with E-state index in [-0.39, 0.29) is 11.7 Å². The normalized spacial score (nSPS) is 11.0. The molecule has 0 aliphatic heterocycles. The lowest BCUT2D eigenvalue weighted by Crippen LogP contribution is -2.25. The lowest BCUT2D eigenvalue weighted by Gasteiger charge is -2.11. The minimum absolute atomic E-state index is 0.139. The van der Waals surface area contributed by atoms with Crippen LogP contribution in [0.3, 0.4) is 0 Å². The largest absolute Gasteiger partial charge is 0.347 e. The van der Waals surface area contributed by atoms with Crippen LogP contribution in [0.5, 0.6) is 0 Å². The van der Waals surface area contributed by atoms with Gasteiger partial charge in [-0.1, -0.05) is 40.2 Å². The second-order valence-electron chi connectivity index (χ2n) is 6.22. The number of aromatic nitrogens is 1. The molecule has 0 aliphatic rings. The van der Waals surface area contributed by atoms with Gasteiger partial charge in [-0.25, -0.2) is 4.39 Å². The van der Waals surface area contributed by atoms with E-state index in [0.717, 1.165) is 25.8 Å². The highest BCUT2D eigenvalue weighted by Crippen LogP contribution is 2.26. The van der Waals surface area contributed by atoms with Crippen molar-refractivity contribution in [3.8, 4) is 0 Å². The molecule has 0 unspecified atom stereocenters. The number of fused-ring (bicyclic) bond motifs is 1. The van der Waals surface area contributed by atoms with Crippen LogP contribution >= 0.6 is 27.3 Å². The van der Waals surface area contributed by atoms with Crippen molar-refractivity contribution < 1.29 is 9.18 Å². The van der Waals surface area contributed by atoms with E-state index in [0.29, 0.717) is 18.8 Å². The first-order chi connectivity index (χ1) is 13.1. The van der Waals surface area contributed by atoms with Crippen LogP contribution in [0, 0.1) is 5.82 Å². The summed E-state index contributed by atoms with van der Waals surface area (Å²) in [7, 11) is 0. The summed E-state index contributed by atoms with van der Waals surface area (Å²) in [6.45, 7) is 0.975. The first kappa shape index (κ1) is 17.9. The van der Waals surface area contributed by atoms with E-state index in [1.54, 1.807) is 23.5 Å². The maximum atomic E-state index is 13.0. The van der Waals surface area contributed by atoms with Gasteiger partial charge in [0, 0.05) is 17.6 Å². The van der Waals surface area contributed by atoms with Gasteiger partial charge in [-0.2, -0.15) is 0 Å². The van der Waals surface area contributed by atoms with Gasteiger partial charge in [0.15, 0.2) is 0 Å². The molecule has 2 aromatic carbocycles. The van der Waals surface area contributed by atoms with Crippen molar-refractivity contribution in [2.45, 2.75) is 13.1 Å². The van der Waals surface area contributed by atoms with Crippen LogP contribution in [0.25, 0.3) is 10.2 Å². The zero-order valence-corrected chi connectivity index (χ0v) is 16.7. The van der Waals surface area contributed by atoms with Crippen LogP contribution in [0.4, 0.5) is 4.39 Å². The Morgan fingerprint density at radius 3 is 2.48 bits per heavy atom. The molecule has 0 radical (unpaired) electrons. The highest BCUT2D eigenvalue weighted by Gasteiger charge is 2.16. The zero-order chi connectivity index (χ0) is 18.8. The molecule has 1 N–H and O–H groups in total. The molecule has 136 valence electrons. The maximum absolute atomic E-state index is 13.0. The molecule has 27 heavy (non-hydrogen) atoms. The Labute approximate surface area is 168 Å². The summed E-state index contributed by atoms with van der Waals surface area (Å²) in [6, 6.07) is 18.2. The van der Waals surface area contributed by atoms with Gasteiger partial charge in [-0.3, -0.25) is 4.79 Å². The van der Waals surface area contributed by atoms with Gasteiger partial charge in [0.05, 0.1) is 10.2 Å². The number of hydrogen-bond donors (Lipinski definition) is 1. The average Bonchev–Trinajstić information content (AvgIpc) is 3.25. The summed E-state index contributed by atoms with van der Waals surface area (Å²) < 4.78 is 17.2. The smallest absolute Gasteiger partial charge is 0.268 e. The van der Waals surface area contributed by atoms with Crippen molar-refractivity contribution in [2.24, 2.45) is 0 Å². The van der Waals surface area contributed by atoms with Gasteiger partial charge >= 0.3 is 0 Å². The molecular formula is C21H16BrFN2OS. The van der Waals surface area contributed by atoms with E-state index in [1.165, 1.54) is 12.1 Å². The van der Waals surface area contributed by atoms with Gasteiger partial charge in [-0.15, -0.1) is 11.3 Å². The van der Waals surface area contributed by atoms with E-state index >= 15 is 0 Å². The van der Waals surface area contributed by atoms with Crippen LogP contribution in [-0.2, 0) is 13.1 Å². The number of carbonyl (C=O) groups is 1. The molecule has 4 rings (SSSR count). The van der Waals surface area contributed by atoms with Crippen LogP contribution in [0.1, 0.15) is 21.6 Å². The van der Waals surface area contributed by atoms with Crippen molar-refractivity contribution in [2.75, 3.05) is 0 Å². The highest BCUT2D eigenvalue weighted by atomic mass is 79.9. The number of thiophene rings is 1. The Morgan fingerprint density at radius 1 is 1.04 bits per heavy atom. The molecule has 0 spiro atoms. The third kappa shape index (κ3) is 3.96. The lowest BCUT2D eigenvalue weighted by molar-refractivity contribution is 0.0942. The number of carbonyl (C=O) groups excluding carboxylic acids is 1. The number of benzene rings is 2. The fourth-order valence-electron chi connectivity index (χ4n) is 2.98. The predicted octanol–water partition coefficient (Wildman–Crippen LogP) is 5.58. The fraction of sp³-hybridized carbons (Fsp3) is 0.0952. The van der Waals surface area contributed by atoms with Crippen molar-refractivity contribution in [3.05, 3.63) is 93.2 Å². The van der Waals surface area contributed by atoms with Gasteiger partial charge in [0.2, 0.25) is 0 Å². The highest BCUT2D eigenvalue weighted by molar-refractivity contribution is 9.10. The number of rotatable bonds is 5. The molecule has 1 amide bonds. The molecule has 0 fully saturated rings. The number of nitrogens with zero attached hydrogens (tertiary/aromatic N) is 1. The minimum Gasteiger partial charge on any atom is -0.347 e. The average molecular weight is 443 g/mol. The summed E-state index contributed by atoms with van der Waals surface area (Å²) in [5, 5.41) is 4.97. The Balaban J connectivity index is 1.58. The molecular weight excluding hydrogens is 427 g/mol. The Hall–Kier alpha value is -2.44. The first-order valence-corrected chi connectivity index (χ1v) is 10.1. The monoisotopic (exact) mass is 442 g/mol. The Bertz CT molecular complexity index is 1080. The Kier molecular flexibility index (Phi) is 5.09. The Morgan fingerprint density at radius 2 is 1.74 bits per heavy atom. The summed E-state index contributed by atoms with van der Waals surface area (Å²) in [5.74, 6) is -0.423. The first-order valence-electron chi connectivity index (χ1n) is 8.44. The van der Waals surface area contributed by atoms with Gasteiger partial charge < -0.3 is 9.88 Å². The van der Waals surface area contributed by atoms with Crippen LogP contribution in [0.2, 0.25) is 0 Å². The van der Waals surface area contributed by atoms with E-state index in [4.69, 9.17) is 0 Å². The molecule has 4 aromatic rings. The zero-order valence-electron chi connectivity index (χ0n) is 14.3. The summed E-state index contributed by atoms with van der Waals surface area (Å²) >= 11 is 5.07. The van der Waals surface area contributed by atoms with Crippen LogP contribution in [-0.4, -0.2) is 10.5 Å². The van der Waals surface area contributed by atoms with Crippen LogP contribution in [0.15, 0.2) is 70.5 Å². The third-order valence-corrected chi connectivity index (χ3v) is 5.76. The lowest BCUT2D eigenvalue weighted by atomic mass is 10.2. The molecule has 0 bridgehead atoms. The number of amides is 1. The second-order valence-corrected chi connectivity index (χ2v) is 8.08. The molecule has 3 nitrogen and oxygen atoms in total. The molecule has 2 aromatic heterocycles. The second kappa shape index (κ2) is 7.66. The van der Waals surface area contributed by atoms with E-state index in [1.807, 2.05) is 46.3 Å². The summed E-state index contributed by atoms with van der Waals surface area (Å²) in [4.78, 5) is 12.8. The van der Waals surface area contributed by atoms with Gasteiger partial charge in [-0.05, 0) is 52.9 Å².